The molecule has 1 N–H and O–H groups in total. The average Bonchev–Trinajstić information content (AvgIpc) is 2.61. The highest BCUT2D eigenvalue weighted by Gasteiger charge is 2.17. The Hall–Kier alpha value is -0.870. The third-order valence-electron chi connectivity index (χ3n) is 3.40. The molecule has 104 valence electrons. The number of nitrogens with one attached hydrogen (secondary N) is 1. The third kappa shape index (κ3) is 3.56. The number of aryl methyl sites for hydroxylation is 1. The summed E-state index contributed by atoms with van der Waals surface area (Å²) in [5.74, 6) is 0. The summed E-state index contributed by atoms with van der Waals surface area (Å²) in [6.45, 7) is 12.5. The highest BCUT2D eigenvalue weighted by molar-refractivity contribution is 5.27. The van der Waals surface area contributed by atoms with Gasteiger partial charge in [-0.25, -0.2) is 0 Å². The van der Waals surface area contributed by atoms with E-state index in [1.54, 1.807) is 7.11 Å². The van der Waals surface area contributed by atoms with Gasteiger partial charge in [0.25, 0.3) is 0 Å². The molecule has 18 heavy (non-hydrogen) atoms. The molecule has 0 spiro atoms. The average molecular weight is 253 g/mol. The lowest BCUT2D eigenvalue weighted by molar-refractivity contribution is 0.0991. The number of nitrogens with zero attached hydrogens (tertiary/aromatic N) is 2. The van der Waals surface area contributed by atoms with Gasteiger partial charge in [-0.05, 0) is 40.7 Å². The van der Waals surface area contributed by atoms with Gasteiger partial charge < -0.3 is 10.1 Å². The van der Waals surface area contributed by atoms with E-state index in [1.165, 1.54) is 11.3 Å². The van der Waals surface area contributed by atoms with E-state index in [1.807, 2.05) is 0 Å². The van der Waals surface area contributed by atoms with E-state index in [2.05, 4.69) is 49.7 Å². The zero-order chi connectivity index (χ0) is 13.7. The Kier molecular flexibility index (Phi) is 5.82. The maximum absolute atomic E-state index is 5.31. The Labute approximate surface area is 111 Å². The minimum atomic E-state index is 0.190. The van der Waals surface area contributed by atoms with E-state index in [4.69, 9.17) is 4.74 Å². The molecule has 4 heteroatoms. The summed E-state index contributed by atoms with van der Waals surface area (Å²) in [4.78, 5) is 0. The molecule has 0 aliphatic carbocycles. The van der Waals surface area contributed by atoms with Crippen LogP contribution in [-0.2, 0) is 11.3 Å². The Morgan fingerprint density at radius 1 is 1.33 bits per heavy atom. The van der Waals surface area contributed by atoms with Crippen LogP contribution in [-0.4, -0.2) is 29.5 Å². The molecule has 0 radical (unpaired) electrons. The molecule has 4 nitrogen and oxygen atoms in total. The number of hydrogen-bond acceptors (Lipinski definition) is 3. The van der Waals surface area contributed by atoms with Crippen LogP contribution >= 0.6 is 0 Å². The highest BCUT2D eigenvalue weighted by atomic mass is 16.5. The summed E-state index contributed by atoms with van der Waals surface area (Å²) in [7, 11) is 1.74. The van der Waals surface area contributed by atoms with Gasteiger partial charge >= 0.3 is 0 Å². The first kappa shape index (κ1) is 15.2. The van der Waals surface area contributed by atoms with Crippen LogP contribution in [0.25, 0.3) is 0 Å². The van der Waals surface area contributed by atoms with Gasteiger partial charge in [0.05, 0.1) is 18.3 Å². The molecular weight excluding hydrogens is 226 g/mol. The standard InChI is InChI=1S/C14H27N3O/c1-7-8-15-11(3)14-12(4)16-17(13(14)5)9-10(2)18-6/h10-11,15H,7-9H2,1-6H3. The van der Waals surface area contributed by atoms with E-state index in [9.17, 15) is 0 Å². The molecule has 1 aromatic rings. The van der Waals surface area contributed by atoms with Crippen LogP contribution in [0, 0.1) is 13.8 Å². The van der Waals surface area contributed by atoms with Crippen molar-refractivity contribution in [2.24, 2.45) is 0 Å². The van der Waals surface area contributed by atoms with Crippen molar-refractivity contribution in [1.82, 2.24) is 15.1 Å². The van der Waals surface area contributed by atoms with Gasteiger partial charge in [-0.3, -0.25) is 4.68 Å². The second kappa shape index (κ2) is 6.90. The van der Waals surface area contributed by atoms with Gasteiger partial charge in [0.1, 0.15) is 0 Å². The predicted octanol–water partition coefficient (Wildman–Crippen LogP) is 2.60. The van der Waals surface area contributed by atoms with Gasteiger partial charge in [-0.15, -0.1) is 0 Å². The van der Waals surface area contributed by atoms with Gasteiger partial charge in [0.15, 0.2) is 0 Å². The van der Waals surface area contributed by atoms with E-state index in [0.29, 0.717) is 6.04 Å². The zero-order valence-corrected chi connectivity index (χ0v) is 12.6. The largest absolute Gasteiger partial charge is 0.380 e. The van der Waals surface area contributed by atoms with Crippen LogP contribution < -0.4 is 5.32 Å². The smallest absolute Gasteiger partial charge is 0.0739 e. The maximum atomic E-state index is 5.31. The molecule has 0 bridgehead atoms. The van der Waals surface area contributed by atoms with Crippen LogP contribution in [0.3, 0.4) is 0 Å². The van der Waals surface area contributed by atoms with Gasteiger partial charge in [0.2, 0.25) is 0 Å². The molecule has 0 amide bonds. The summed E-state index contributed by atoms with van der Waals surface area (Å²) in [5.41, 5.74) is 3.69. The maximum Gasteiger partial charge on any atom is 0.0739 e. The predicted molar refractivity (Wildman–Crippen MR) is 74.9 cm³/mol. The molecule has 0 aliphatic rings. The minimum absolute atomic E-state index is 0.190. The van der Waals surface area contributed by atoms with Crippen molar-refractivity contribution in [3.8, 4) is 0 Å². The highest BCUT2D eigenvalue weighted by Crippen LogP contribution is 2.21. The van der Waals surface area contributed by atoms with Crippen LogP contribution in [0.1, 0.15) is 50.2 Å². The van der Waals surface area contributed by atoms with Gasteiger partial charge in [-0.1, -0.05) is 6.92 Å². The van der Waals surface area contributed by atoms with E-state index in [0.717, 1.165) is 25.2 Å². The molecule has 1 rings (SSSR count). The third-order valence-corrected chi connectivity index (χ3v) is 3.40. The topological polar surface area (TPSA) is 39.1 Å². The van der Waals surface area contributed by atoms with Crippen molar-refractivity contribution in [1.29, 1.82) is 0 Å². The van der Waals surface area contributed by atoms with Crippen molar-refractivity contribution in [3.63, 3.8) is 0 Å². The Morgan fingerprint density at radius 3 is 2.56 bits per heavy atom. The normalized spacial score (nSPS) is 14.8. The van der Waals surface area contributed by atoms with E-state index < -0.39 is 0 Å². The van der Waals surface area contributed by atoms with E-state index in [-0.39, 0.29) is 6.10 Å². The molecular formula is C14H27N3O. The number of hydrogen-bond donors (Lipinski definition) is 1. The quantitative estimate of drug-likeness (QED) is 0.812. The van der Waals surface area contributed by atoms with Crippen LogP contribution in [0.2, 0.25) is 0 Å². The van der Waals surface area contributed by atoms with Crippen molar-refractivity contribution in [2.45, 2.75) is 59.7 Å². The number of rotatable bonds is 7. The Morgan fingerprint density at radius 2 is 2.00 bits per heavy atom. The fraction of sp³-hybridized carbons (Fsp3) is 0.786. The van der Waals surface area contributed by atoms with Crippen molar-refractivity contribution in [2.75, 3.05) is 13.7 Å². The molecule has 2 atom stereocenters. The number of aromatic nitrogens is 2. The molecule has 0 saturated carbocycles. The molecule has 0 saturated heterocycles. The summed E-state index contributed by atoms with van der Waals surface area (Å²) in [5, 5.41) is 8.15. The Balaban J connectivity index is 2.86. The summed E-state index contributed by atoms with van der Waals surface area (Å²) >= 11 is 0. The van der Waals surface area contributed by atoms with E-state index >= 15 is 0 Å². The fourth-order valence-corrected chi connectivity index (χ4v) is 2.30. The van der Waals surface area contributed by atoms with Crippen LogP contribution in [0.5, 0.6) is 0 Å². The van der Waals surface area contributed by atoms with Crippen LogP contribution in [0.4, 0.5) is 0 Å². The molecule has 1 heterocycles. The molecule has 1 aromatic heterocycles. The van der Waals surface area contributed by atoms with Gasteiger partial charge in [-0.2, -0.15) is 5.10 Å². The lowest BCUT2D eigenvalue weighted by atomic mass is 10.1. The minimum Gasteiger partial charge on any atom is -0.380 e. The molecule has 2 unspecified atom stereocenters. The SMILES string of the molecule is CCCNC(C)c1c(C)nn(CC(C)OC)c1C. The Bertz CT molecular complexity index is 373. The summed E-state index contributed by atoms with van der Waals surface area (Å²) < 4.78 is 7.37. The first-order valence-electron chi connectivity index (χ1n) is 6.81. The first-order chi connectivity index (χ1) is 8.51. The number of methoxy groups -OCH3 is 1. The van der Waals surface area contributed by atoms with Crippen molar-refractivity contribution >= 4 is 0 Å². The van der Waals surface area contributed by atoms with Crippen molar-refractivity contribution in [3.05, 3.63) is 17.0 Å². The summed E-state index contributed by atoms with van der Waals surface area (Å²) in [6, 6.07) is 0.358. The second-order valence-electron chi connectivity index (χ2n) is 4.99. The molecule has 0 aromatic carbocycles. The van der Waals surface area contributed by atoms with Gasteiger partial charge in [0, 0.05) is 24.4 Å². The zero-order valence-electron chi connectivity index (χ0n) is 12.6. The first-order valence-corrected chi connectivity index (χ1v) is 6.81. The lowest BCUT2D eigenvalue weighted by Gasteiger charge is -2.15. The van der Waals surface area contributed by atoms with Crippen molar-refractivity contribution < 1.29 is 4.74 Å². The molecule has 0 aliphatic heterocycles. The molecule has 0 fully saturated rings. The second-order valence-corrected chi connectivity index (χ2v) is 4.99. The van der Waals surface area contributed by atoms with Crippen LogP contribution in [0.15, 0.2) is 0 Å². The monoisotopic (exact) mass is 253 g/mol. The lowest BCUT2D eigenvalue weighted by Crippen LogP contribution is -2.21. The number of ether oxygens (including phenoxy) is 1. The fourth-order valence-electron chi connectivity index (χ4n) is 2.30. The summed E-state index contributed by atoms with van der Waals surface area (Å²) in [6.07, 6.45) is 1.34.